The zero-order chi connectivity index (χ0) is 15.2. The first-order valence-electron chi connectivity index (χ1n) is 6.92. The van der Waals surface area contributed by atoms with Gasteiger partial charge < -0.3 is 5.32 Å². The molecule has 0 aromatic heterocycles. The second-order valence-electron chi connectivity index (χ2n) is 4.87. The van der Waals surface area contributed by atoms with Crippen molar-refractivity contribution in [1.29, 1.82) is 0 Å². The number of amides is 1. The Morgan fingerprint density at radius 2 is 1.86 bits per heavy atom. The molecular formula is C17H17F2NO. The summed E-state index contributed by atoms with van der Waals surface area (Å²) in [6.07, 6.45) is 1.46. The van der Waals surface area contributed by atoms with E-state index in [4.69, 9.17) is 0 Å². The molecule has 0 aliphatic heterocycles. The van der Waals surface area contributed by atoms with Gasteiger partial charge in [0.2, 0.25) is 5.91 Å². The lowest BCUT2D eigenvalue weighted by molar-refractivity contribution is -0.117. The first kappa shape index (κ1) is 15.2. The third-order valence-electron chi connectivity index (χ3n) is 3.28. The Hall–Kier alpha value is -2.23. The second-order valence-corrected chi connectivity index (χ2v) is 4.87. The van der Waals surface area contributed by atoms with Gasteiger partial charge in [0.05, 0.1) is 11.6 Å². The van der Waals surface area contributed by atoms with Crippen LogP contribution in [0, 0.1) is 11.6 Å². The number of carbonyl (C=O) groups is 1. The summed E-state index contributed by atoms with van der Waals surface area (Å²) in [6.45, 7) is 1.98. The van der Waals surface area contributed by atoms with E-state index in [9.17, 15) is 13.6 Å². The molecule has 1 atom stereocenters. The lowest BCUT2D eigenvalue weighted by Gasteiger charge is -2.17. The maximum atomic E-state index is 13.6. The van der Waals surface area contributed by atoms with Gasteiger partial charge >= 0.3 is 0 Å². The highest BCUT2D eigenvalue weighted by atomic mass is 19.1. The van der Waals surface area contributed by atoms with Crippen LogP contribution in [0.4, 0.5) is 14.5 Å². The van der Waals surface area contributed by atoms with Crippen LogP contribution in [-0.2, 0) is 4.79 Å². The van der Waals surface area contributed by atoms with Gasteiger partial charge in [0.25, 0.3) is 0 Å². The molecule has 2 nitrogen and oxygen atoms in total. The molecule has 21 heavy (non-hydrogen) atoms. The highest BCUT2D eigenvalue weighted by Gasteiger charge is 2.20. The number of anilines is 1. The maximum Gasteiger partial charge on any atom is 0.231 e. The van der Waals surface area contributed by atoms with Crippen LogP contribution >= 0.6 is 0 Å². The minimum Gasteiger partial charge on any atom is -0.323 e. The summed E-state index contributed by atoms with van der Waals surface area (Å²) >= 11 is 0. The van der Waals surface area contributed by atoms with Gasteiger partial charge in [-0.25, -0.2) is 8.78 Å². The number of halogens is 2. The van der Waals surface area contributed by atoms with E-state index < -0.39 is 11.6 Å². The standard InChI is InChI=1S/C17H17F2NO/c1-2-6-14(12-7-4-3-5-8-12)17(21)20-16-11-13(18)9-10-15(16)19/h3-5,7-11,14H,2,6H2,1H3,(H,20,21)/t14-/m0/s1. The molecule has 0 bridgehead atoms. The predicted octanol–water partition coefficient (Wildman–Crippen LogP) is 4.49. The third-order valence-corrected chi connectivity index (χ3v) is 3.28. The fraction of sp³-hybridized carbons (Fsp3) is 0.235. The number of nitrogens with one attached hydrogen (secondary N) is 1. The molecular weight excluding hydrogens is 272 g/mol. The SMILES string of the molecule is CCC[C@H](C(=O)Nc1cc(F)ccc1F)c1ccccc1. The number of hydrogen-bond acceptors (Lipinski definition) is 1. The highest BCUT2D eigenvalue weighted by Crippen LogP contribution is 2.24. The minimum atomic E-state index is -0.645. The van der Waals surface area contributed by atoms with Crippen molar-refractivity contribution in [2.75, 3.05) is 5.32 Å². The number of hydrogen-bond donors (Lipinski definition) is 1. The minimum absolute atomic E-state index is 0.128. The van der Waals surface area contributed by atoms with E-state index >= 15 is 0 Å². The van der Waals surface area contributed by atoms with Crippen LogP contribution in [0.15, 0.2) is 48.5 Å². The van der Waals surface area contributed by atoms with Crippen molar-refractivity contribution >= 4 is 11.6 Å². The molecule has 0 unspecified atom stereocenters. The van der Waals surface area contributed by atoms with Crippen molar-refractivity contribution in [3.05, 3.63) is 65.7 Å². The van der Waals surface area contributed by atoms with E-state index in [1.54, 1.807) is 0 Å². The fourth-order valence-electron chi connectivity index (χ4n) is 2.24. The van der Waals surface area contributed by atoms with Gasteiger partial charge in [0, 0.05) is 6.07 Å². The average Bonchev–Trinajstić information content (AvgIpc) is 2.49. The summed E-state index contributed by atoms with van der Waals surface area (Å²) < 4.78 is 26.8. The summed E-state index contributed by atoms with van der Waals surface area (Å²) in [4.78, 5) is 12.4. The van der Waals surface area contributed by atoms with E-state index in [2.05, 4.69) is 5.32 Å². The van der Waals surface area contributed by atoms with Gasteiger partial charge in [-0.3, -0.25) is 4.79 Å². The van der Waals surface area contributed by atoms with Crippen molar-refractivity contribution < 1.29 is 13.6 Å². The summed E-state index contributed by atoms with van der Waals surface area (Å²) in [5.74, 6) is -1.93. The lowest BCUT2D eigenvalue weighted by atomic mass is 9.93. The summed E-state index contributed by atoms with van der Waals surface area (Å²) in [5.41, 5.74) is 0.741. The Morgan fingerprint density at radius 1 is 1.14 bits per heavy atom. The van der Waals surface area contributed by atoms with E-state index in [1.165, 1.54) is 0 Å². The van der Waals surface area contributed by atoms with Gasteiger partial charge in [-0.1, -0.05) is 43.7 Å². The zero-order valence-corrected chi connectivity index (χ0v) is 11.8. The molecule has 0 saturated carbocycles. The molecule has 110 valence electrons. The van der Waals surface area contributed by atoms with Crippen LogP contribution < -0.4 is 5.32 Å². The quantitative estimate of drug-likeness (QED) is 0.863. The molecule has 1 N–H and O–H groups in total. The second kappa shape index (κ2) is 6.97. The monoisotopic (exact) mass is 289 g/mol. The topological polar surface area (TPSA) is 29.1 Å². The molecule has 0 aliphatic rings. The first-order chi connectivity index (χ1) is 10.1. The van der Waals surface area contributed by atoms with Crippen molar-refractivity contribution in [3.63, 3.8) is 0 Å². The molecule has 2 aromatic rings. The highest BCUT2D eigenvalue weighted by molar-refractivity contribution is 5.95. The van der Waals surface area contributed by atoms with Crippen LogP contribution in [0.25, 0.3) is 0 Å². The van der Waals surface area contributed by atoms with Crippen molar-refractivity contribution in [1.82, 2.24) is 0 Å². The van der Waals surface area contributed by atoms with Crippen LogP contribution in [0.1, 0.15) is 31.2 Å². The van der Waals surface area contributed by atoms with Crippen LogP contribution in [-0.4, -0.2) is 5.91 Å². The van der Waals surface area contributed by atoms with Crippen LogP contribution in [0.2, 0.25) is 0 Å². The average molecular weight is 289 g/mol. The molecule has 2 rings (SSSR count). The Balaban J connectivity index is 2.21. The number of benzene rings is 2. The van der Waals surface area contributed by atoms with E-state index in [0.717, 1.165) is 30.2 Å². The predicted molar refractivity (Wildman–Crippen MR) is 79.1 cm³/mol. The Kier molecular flexibility index (Phi) is 5.04. The molecule has 0 fully saturated rings. The molecule has 0 heterocycles. The Morgan fingerprint density at radius 3 is 2.52 bits per heavy atom. The third kappa shape index (κ3) is 3.88. The van der Waals surface area contributed by atoms with Crippen molar-refractivity contribution in [2.45, 2.75) is 25.7 Å². The Bertz CT molecular complexity index is 613. The maximum absolute atomic E-state index is 13.6. The zero-order valence-electron chi connectivity index (χ0n) is 11.8. The van der Waals surface area contributed by atoms with Gasteiger partial charge in [0.1, 0.15) is 11.6 Å². The normalized spacial score (nSPS) is 12.0. The van der Waals surface area contributed by atoms with Crippen LogP contribution in [0.3, 0.4) is 0 Å². The van der Waals surface area contributed by atoms with Crippen molar-refractivity contribution in [3.8, 4) is 0 Å². The summed E-state index contributed by atoms with van der Waals surface area (Å²) in [6, 6.07) is 12.3. The first-order valence-corrected chi connectivity index (χ1v) is 6.92. The molecule has 0 radical (unpaired) electrons. The summed E-state index contributed by atoms with van der Waals surface area (Å²) in [7, 11) is 0. The summed E-state index contributed by atoms with van der Waals surface area (Å²) in [5, 5.41) is 2.48. The smallest absolute Gasteiger partial charge is 0.231 e. The fourth-order valence-corrected chi connectivity index (χ4v) is 2.24. The van der Waals surface area contributed by atoms with Gasteiger partial charge in [-0.05, 0) is 24.1 Å². The van der Waals surface area contributed by atoms with Crippen molar-refractivity contribution in [2.24, 2.45) is 0 Å². The number of rotatable bonds is 5. The van der Waals surface area contributed by atoms with E-state index in [1.807, 2.05) is 37.3 Å². The van der Waals surface area contributed by atoms with Gasteiger partial charge in [0.15, 0.2) is 0 Å². The molecule has 0 aliphatic carbocycles. The molecule has 4 heteroatoms. The van der Waals surface area contributed by atoms with E-state index in [-0.39, 0.29) is 17.5 Å². The number of carbonyl (C=O) groups excluding carboxylic acids is 1. The van der Waals surface area contributed by atoms with E-state index in [0.29, 0.717) is 6.42 Å². The molecule has 2 aromatic carbocycles. The van der Waals surface area contributed by atoms with Gasteiger partial charge in [-0.15, -0.1) is 0 Å². The molecule has 1 amide bonds. The largest absolute Gasteiger partial charge is 0.323 e. The van der Waals surface area contributed by atoms with Gasteiger partial charge in [-0.2, -0.15) is 0 Å². The molecule has 0 saturated heterocycles. The lowest BCUT2D eigenvalue weighted by Crippen LogP contribution is -2.21. The molecule has 0 spiro atoms. The Labute approximate surface area is 122 Å². The van der Waals surface area contributed by atoms with Crippen LogP contribution in [0.5, 0.6) is 0 Å².